The largest absolute Gasteiger partial charge is 0.370 e. The number of aromatic nitrogens is 2. The van der Waals surface area contributed by atoms with Crippen molar-refractivity contribution in [2.45, 2.75) is 51.2 Å². The fraction of sp³-hybridized carbons (Fsp3) is 0.714. The Morgan fingerprint density at radius 1 is 1.39 bits per heavy atom. The topological polar surface area (TPSA) is 37.8 Å². The molecular weight excluding hydrogens is 242 g/mol. The van der Waals surface area contributed by atoms with Crippen molar-refractivity contribution in [3.05, 3.63) is 17.6 Å². The van der Waals surface area contributed by atoms with Gasteiger partial charge in [0.25, 0.3) is 0 Å². The van der Waals surface area contributed by atoms with Gasteiger partial charge < -0.3 is 5.32 Å². The van der Waals surface area contributed by atoms with Crippen molar-refractivity contribution in [2.24, 2.45) is 0 Å². The highest BCUT2D eigenvalue weighted by molar-refractivity contribution is 7.99. The molecule has 1 saturated heterocycles. The predicted octanol–water partition coefficient (Wildman–Crippen LogP) is 3.99. The molecule has 1 unspecified atom stereocenters. The third-order valence-corrected chi connectivity index (χ3v) is 4.55. The van der Waals surface area contributed by atoms with E-state index in [1.165, 1.54) is 25.0 Å². The zero-order valence-electron chi connectivity index (χ0n) is 11.6. The van der Waals surface area contributed by atoms with E-state index >= 15 is 0 Å². The van der Waals surface area contributed by atoms with Gasteiger partial charge in [0.1, 0.15) is 11.6 Å². The van der Waals surface area contributed by atoms with Crippen molar-refractivity contribution >= 4 is 17.6 Å². The minimum Gasteiger partial charge on any atom is -0.370 e. The quantitative estimate of drug-likeness (QED) is 0.893. The average molecular weight is 265 g/mol. The number of rotatable bonds is 4. The van der Waals surface area contributed by atoms with Gasteiger partial charge in [-0.1, -0.05) is 20.3 Å². The molecule has 1 N–H and O–H groups in total. The number of nitrogens with zero attached hydrogens (tertiary/aromatic N) is 2. The zero-order chi connectivity index (χ0) is 13.0. The summed E-state index contributed by atoms with van der Waals surface area (Å²) >= 11 is 2.01. The standard InChI is InChI=1S/C14H23N3S/c1-4-15-13-9-11(10(2)3)16-14(17-13)12-7-5-6-8-18-12/h9-10,12H,4-8H2,1-3H3,(H,15,16,17). The SMILES string of the molecule is CCNc1cc(C(C)C)nc(C2CCCCS2)n1. The maximum atomic E-state index is 4.77. The number of anilines is 1. The van der Waals surface area contributed by atoms with Crippen molar-refractivity contribution in [1.29, 1.82) is 0 Å². The van der Waals surface area contributed by atoms with Crippen LogP contribution in [-0.4, -0.2) is 22.3 Å². The van der Waals surface area contributed by atoms with E-state index < -0.39 is 0 Å². The molecule has 0 spiro atoms. The molecule has 100 valence electrons. The van der Waals surface area contributed by atoms with Crippen LogP contribution in [0.5, 0.6) is 0 Å². The van der Waals surface area contributed by atoms with E-state index in [1.54, 1.807) is 0 Å². The van der Waals surface area contributed by atoms with Gasteiger partial charge in [-0.05, 0) is 31.4 Å². The van der Waals surface area contributed by atoms with Gasteiger partial charge in [-0.3, -0.25) is 0 Å². The smallest absolute Gasteiger partial charge is 0.143 e. The van der Waals surface area contributed by atoms with Gasteiger partial charge in [0.05, 0.1) is 5.25 Å². The lowest BCUT2D eigenvalue weighted by Gasteiger charge is -2.21. The summed E-state index contributed by atoms with van der Waals surface area (Å²) in [6, 6.07) is 2.09. The van der Waals surface area contributed by atoms with Gasteiger partial charge >= 0.3 is 0 Å². The van der Waals surface area contributed by atoms with Crippen LogP contribution < -0.4 is 5.32 Å². The summed E-state index contributed by atoms with van der Waals surface area (Å²) in [5.41, 5.74) is 1.15. The van der Waals surface area contributed by atoms with E-state index in [-0.39, 0.29) is 0 Å². The van der Waals surface area contributed by atoms with Crippen LogP contribution in [0.1, 0.15) is 62.7 Å². The van der Waals surface area contributed by atoms with Crippen molar-refractivity contribution in [1.82, 2.24) is 9.97 Å². The van der Waals surface area contributed by atoms with Gasteiger partial charge in [0.2, 0.25) is 0 Å². The molecule has 2 rings (SSSR count). The first-order valence-corrected chi connectivity index (χ1v) is 8.00. The highest BCUT2D eigenvalue weighted by Gasteiger charge is 2.20. The summed E-state index contributed by atoms with van der Waals surface area (Å²) in [6.07, 6.45) is 3.87. The second-order valence-electron chi connectivity index (χ2n) is 5.08. The van der Waals surface area contributed by atoms with Crippen LogP contribution in [0.25, 0.3) is 0 Å². The number of nitrogens with one attached hydrogen (secondary N) is 1. The van der Waals surface area contributed by atoms with E-state index in [4.69, 9.17) is 4.98 Å². The third-order valence-electron chi connectivity index (χ3n) is 3.18. The molecular formula is C14H23N3S. The molecule has 0 aliphatic carbocycles. The summed E-state index contributed by atoms with van der Waals surface area (Å²) < 4.78 is 0. The molecule has 1 aromatic heterocycles. The fourth-order valence-corrected chi connectivity index (χ4v) is 3.38. The van der Waals surface area contributed by atoms with E-state index in [0.29, 0.717) is 11.2 Å². The maximum Gasteiger partial charge on any atom is 0.143 e. The highest BCUT2D eigenvalue weighted by atomic mass is 32.2. The predicted molar refractivity (Wildman–Crippen MR) is 79.3 cm³/mol. The van der Waals surface area contributed by atoms with Gasteiger partial charge in [0, 0.05) is 18.3 Å². The maximum absolute atomic E-state index is 4.77. The van der Waals surface area contributed by atoms with E-state index in [0.717, 1.165) is 23.9 Å². The summed E-state index contributed by atoms with van der Waals surface area (Å²) in [6.45, 7) is 7.39. The number of thioether (sulfide) groups is 1. The molecule has 0 saturated carbocycles. The van der Waals surface area contributed by atoms with Gasteiger partial charge in [-0.2, -0.15) is 11.8 Å². The molecule has 0 bridgehead atoms. The van der Waals surface area contributed by atoms with Crippen molar-refractivity contribution in [2.75, 3.05) is 17.6 Å². The Morgan fingerprint density at radius 2 is 2.22 bits per heavy atom. The summed E-state index contributed by atoms with van der Waals surface area (Å²) in [5, 5.41) is 3.82. The monoisotopic (exact) mass is 265 g/mol. The summed E-state index contributed by atoms with van der Waals surface area (Å²) in [7, 11) is 0. The lowest BCUT2D eigenvalue weighted by molar-refractivity contribution is 0.654. The van der Waals surface area contributed by atoms with Crippen LogP contribution in [0.3, 0.4) is 0 Å². The molecule has 1 fully saturated rings. The molecule has 18 heavy (non-hydrogen) atoms. The Hall–Kier alpha value is -0.770. The minimum atomic E-state index is 0.456. The average Bonchev–Trinajstić information content (AvgIpc) is 2.40. The van der Waals surface area contributed by atoms with Gasteiger partial charge in [0.15, 0.2) is 0 Å². The first kappa shape index (κ1) is 13.7. The lowest BCUT2D eigenvalue weighted by atomic mass is 10.1. The fourth-order valence-electron chi connectivity index (χ4n) is 2.14. The Bertz CT molecular complexity index is 387. The van der Waals surface area contributed by atoms with Crippen LogP contribution in [0.4, 0.5) is 5.82 Å². The molecule has 0 aromatic carbocycles. The molecule has 0 amide bonds. The summed E-state index contributed by atoms with van der Waals surface area (Å²) in [5.74, 6) is 3.72. The molecule has 0 radical (unpaired) electrons. The minimum absolute atomic E-state index is 0.456. The molecule has 1 aromatic rings. The van der Waals surface area contributed by atoms with Crippen LogP contribution in [0.2, 0.25) is 0 Å². The molecule has 1 atom stereocenters. The van der Waals surface area contributed by atoms with Gasteiger partial charge in [-0.25, -0.2) is 9.97 Å². The first-order chi connectivity index (χ1) is 8.70. The highest BCUT2D eigenvalue weighted by Crippen LogP contribution is 2.37. The lowest BCUT2D eigenvalue weighted by Crippen LogP contribution is -2.11. The van der Waals surface area contributed by atoms with E-state index in [9.17, 15) is 0 Å². The zero-order valence-corrected chi connectivity index (χ0v) is 12.4. The Balaban J connectivity index is 2.26. The first-order valence-electron chi connectivity index (χ1n) is 6.95. The van der Waals surface area contributed by atoms with Crippen molar-refractivity contribution in [3.63, 3.8) is 0 Å². The van der Waals surface area contributed by atoms with Crippen LogP contribution >= 0.6 is 11.8 Å². The number of hydrogen-bond acceptors (Lipinski definition) is 4. The Labute approximate surface area is 114 Å². The van der Waals surface area contributed by atoms with E-state index in [1.807, 2.05) is 11.8 Å². The second kappa shape index (κ2) is 6.41. The van der Waals surface area contributed by atoms with Gasteiger partial charge in [-0.15, -0.1) is 0 Å². The third kappa shape index (κ3) is 3.37. The molecule has 1 aliphatic heterocycles. The molecule has 2 heterocycles. The van der Waals surface area contributed by atoms with E-state index in [2.05, 4.69) is 37.1 Å². The molecule has 3 nitrogen and oxygen atoms in total. The van der Waals surface area contributed by atoms with Crippen LogP contribution in [0.15, 0.2) is 6.07 Å². The van der Waals surface area contributed by atoms with Crippen LogP contribution in [-0.2, 0) is 0 Å². The summed E-state index contributed by atoms with van der Waals surface area (Å²) in [4.78, 5) is 9.45. The Kier molecular flexibility index (Phi) is 4.87. The molecule has 4 heteroatoms. The second-order valence-corrected chi connectivity index (χ2v) is 6.39. The molecule has 1 aliphatic rings. The number of hydrogen-bond donors (Lipinski definition) is 1. The van der Waals surface area contributed by atoms with Crippen LogP contribution in [0, 0.1) is 0 Å². The normalized spacial score (nSPS) is 20.1. The van der Waals surface area contributed by atoms with Crippen molar-refractivity contribution in [3.8, 4) is 0 Å². The Morgan fingerprint density at radius 3 is 2.83 bits per heavy atom. The van der Waals surface area contributed by atoms with Crippen molar-refractivity contribution < 1.29 is 0 Å².